The van der Waals surface area contributed by atoms with Gasteiger partial charge in [-0.25, -0.2) is 9.97 Å². The maximum atomic E-state index is 5.57. The SMILES string of the molecule is c1cc(-c2ccc(-c3nc4c(-c5ccc(-n6c7ccccc7c7ccccc76)cc5)cccc4c4c3ccc3ccccc34)cc2)cc(-c2cn3ccccc3n2)c1. The Morgan fingerprint density at radius 2 is 1.05 bits per heavy atom. The molecule has 4 nitrogen and oxygen atoms in total. The van der Waals surface area contributed by atoms with Crippen LogP contribution < -0.4 is 0 Å². The monoisotopic (exact) mass is 738 g/mol. The number of aromatic nitrogens is 4. The zero-order valence-corrected chi connectivity index (χ0v) is 31.4. The Hall–Kier alpha value is -7.82. The van der Waals surface area contributed by atoms with Gasteiger partial charge in [0.2, 0.25) is 0 Å². The molecule has 12 rings (SSSR count). The van der Waals surface area contributed by atoms with Gasteiger partial charge in [0.1, 0.15) is 5.65 Å². The van der Waals surface area contributed by atoms with Crippen LogP contribution >= 0.6 is 0 Å². The summed E-state index contributed by atoms with van der Waals surface area (Å²) >= 11 is 0. The fourth-order valence-corrected chi connectivity index (χ4v) is 8.99. The Morgan fingerprint density at radius 1 is 0.397 bits per heavy atom. The number of nitrogens with zero attached hydrogens (tertiary/aromatic N) is 4. The van der Waals surface area contributed by atoms with Crippen molar-refractivity contribution in [1.29, 1.82) is 0 Å². The second-order valence-electron chi connectivity index (χ2n) is 15.0. The van der Waals surface area contributed by atoms with E-state index in [4.69, 9.17) is 9.97 Å². The third kappa shape index (κ3) is 5.09. The summed E-state index contributed by atoms with van der Waals surface area (Å²) in [5.74, 6) is 0. The molecule has 0 N–H and O–H groups in total. The van der Waals surface area contributed by atoms with Crippen molar-refractivity contribution in [3.05, 3.63) is 207 Å². The van der Waals surface area contributed by atoms with E-state index >= 15 is 0 Å². The molecule has 0 aliphatic heterocycles. The zero-order chi connectivity index (χ0) is 38.2. The molecule has 0 amide bonds. The van der Waals surface area contributed by atoms with Crippen molar-refractivity contribution < 1.29 is 0 Å². The van der Waals surface area contributed by atoms with Gasteiger partial charge in [-0.15, -0.1) is 0 Å². The van der Waals surface area contributed by atoms with Crippen molar-refractivity contribution in [3.63, 3.8) is 0 Å². The summed E-state index contributed by atoms with van der Waals surface area (Å²) in [6, 6.07) is 69.7. The van der Waals surface area contributed by atoms with Gasteiger partial charge in [0.25, 0.3) is 0 Å². The van der Waals surface area contributed by atoms with Crippen LogP contribution in [-0.4, -0.2) is 18.9 Å². The lowest BCUT2D eigenvalue weighted by Crippen LogP contribution is -1.95. The average Bonchev–Trinajstić information content (AvgIpc) is 3.89. The molecule has 0 unspecified atom stereocenters. The number of rotatable bonds is 5. The second-order valence-corrected chi connectivity index (χ2v) is 15.0. The lowest BCUT2D eigenvalue weighted by Gasteiger charge is -2.16. The molecule has 0 saturated carbocycles. The summed E-state index contributed by atoms with van der Waals surface area (Å²) < 4.78 is 4.43. The minimum Gasteiger partial charge on any atom is -0.309 e. The maximum Gasteiger partial charge on any atom is 0.137 e. The van der Waals surface area contributed by atoms with Gasteiger partial charge in [-0.3, -0.25) is 0 Å². The Balaban J connectivity index is 0.990. The number of hydrogen-bond acceptors (Lipinski definition) is 2. The molecule has 0 spiro atoms. The normalized spacial score (nSPS) is 11.8. The lowest BCUT2D eigenvalue weighted by atomic mass is 9.92. The van der Waals surface area contributed by atoms with Crippen LogP contribution in [0.3, 0.4) is 0 Å². The molecule has 4 heteroatoms. The minimum atomic E-state index is 0.940. The molecule has 0 fully saturated rings. The predicted molar refractivity (Wildman–Crippen MR) is 242 cm³/mol. The zero-order valence-electron chi connectivity index (χ0n) is 31.4. The van der Waals surface area contributed by atoms with Gasteiger partial charge in [0, 0.05) is 61.7 Å². The van der Waals surface area contributed by atoms with E-state index in [1.54, 1.807) is 0 Å². The summed E-state index contributed by atoms with van der Waals surface area (Å²) in [7, 11) is 0. The molecule has 58 heavy (non-hydrogen) atoms. The van der Waals surface area contributed by atoms with E-state index in [-0.39, 0.29) is 0 Å². The van der Waals surface area contributed by atoms with Crippen molar-refractivity contribution in [2.24, 2.45) is 0 Å². The van der Waals surface area contributed by atoms with Crippen molar-refractivity contribution in [3.8, 4) is 50.5 Å². The van der Waals surface area contributed by atoms with Crippen molar-refractivity contribution in [1.82, 2.24) is 18.9 Å². The topological polar surface area (TPSA) is 35.1 Å². The molecule has 0 radical (unpaired) electrons. The Kier molecular flexibility index (Phi) is 7.20. The molecule has 4 aromatic heterocycles. The maximum absolute atomic E-state index is 5.57. The van der Waals surface area contributed by atoms with Gasteiger partial charge in [-0.05, 0) is 69.9 Å². The summed E-state index contributed by atoms with van der Waals surface area (Å²) in [6.07, 6.45) is 4.13. The van der Waals surface area contributed by atoms with Crippen LogP contribution in [0.1, 0.15) is 0 Å². The quantitative estimate of drug-likeness (QED) is 0.165. The average molecular weight is 739 g/mol. The largest absolute Gasteiger partial charge is 0.309 e. The Bertz CT molecular complexity index is 3470. The first-order chi connectivity index (χ1) is 28.7. The summed E-state index contributed by atoms with van der Waals surface area (Å²) in [5.41, 5.74) is 14.1. The van der Waals surface area contributed by atoms with Crippen LogP contribution in [0.5, 0.6) is 0 Å². The molecule has 8 aromatic carbocycles. The second kappa shape index (κ2) is 12.9. The highest BCUT2D eigenvalue weighted by Gasteiger charge is 2.17. The van der Waals surface area contributed by atoms with Crippen LogP contribution in [0.4, 0.5) is 0 Å². The van der Waals surface area contributed by atoms with Crippen molar-refractivity contribution in [2.45, 2.75) is 0 Å². The molecular weight excluding hydrogens is 705 g/mol. The van der Waals surface area contributed by atoms with E-state index < -0.39 is 0 Å². The van der Waals surface area contributed by atoms with Gasteiger partial charge in [-0.2, -0.15) is 0 Å². The predicted octanol–water partition coefficient (Wildman–Crippen LogP) is 14.0. The number of benzene rings is 8. The fourth-order valence-electron chi connectivity index (χ4n) is 8.99. The summed E-state index contributed by atoms with van der Waals surface area (Å²) in [6.45, 7) is 0. The van der Waals surface area contributed by atoms with Crippen LogP contribution in [0, 0.1) is 0 Å². The standard InChI is InChI=1S/C54H34N4/c1-2-14-42-36(11-1)28-31-47-52(42)46-18-10-17-43(37-26-29-41(30-27-37)58-49-19-5-3-15-44(49)45-16-4-6-20-50(45)58)54(46)56-53(47)38-24-22-35(23-25-38)39-12-9-13-40(33-39)48-34-57-32-8-7-21-51(57)55-48/h1-34H. The number of pyridine rings is 2. The summed E-state index contributed by atoms with van der Waals surface area (Å²) in [5, 5.41) is 8.49. The number of imidazole rings is 1. The number of para-hydroxylation sites is 3. The minimum absolute atomic E-state index is 0.940. The van der Waals surface area contributed by atoms with E-state index in [2.05, 4.69) is 191 Å². The molecule has 0 saturated heterocycles. The van der Waals surface area contributed by atoms with Gasteiger partial charge < -0.3 is 8.97 Å². The van der Waals surface area contributed by atoms with Crippen LogP contribution in [0.2, 0.25) is 0 Å². The molecule has 4 heterocycles. The van der Waals surface area contributed by atoms with Crippen LogP contribution in [0.25, 0.3) is 110 Å². The first-order valence-electron chi connectivity index (χ1n) is 19.7. The van der Waals surface area contributed by atoms with E-state index in [0.717, 1.165) is 72.4 Å². The molecule has 0 atom stereocenters. The third-order valence-corrected chi connectivity index (χ3v) is 11.7. The Morgan fingerprint density at radius 3 is 1.84 bits per heavy atom. The number of hydrogen-bond donors (Lipinski definition) is 0. The molecule has 0 bridgehead atoms. The molecule has 12 aromatic rings. The highest BCUT2D eigenvalue weighted by Crippen LogP contribution is 2.41. The first-order valence-corrected chi connectivity index (χ1v) is 19.7. The Labute approximate surface area is 334 Å². The van der Waals surface area contributed by atoms with E-state index in [9.17, 15) is 0 Å². The van der Waals surface area contributed by atoms with Gasteiger partial charge in [0.05, 0.1) is 27.9 Å². The molecule has 270 valence electrons. The molecular formula is C54H34N4. The van der Waals surface area contributed by atoms with E-state index in [1.165, 1.54) is 38.0 Å². The van der Waals surface area contributed by atoms with E-state index in [0.29, 0.717) is 0 Å². The van der Waals surface area contributed by atoms with Gasteiger partial charge in [0.15, 0.2) is 0 Å². The lowest BCUT2D eigenvalue weighted by molar-refractivity contribution is 1.18. The highest BCUT2D eigenvalue weighted by atomic mass is 15.0. The van der Waals surface area contributed by atoms with Crippen LogP contribution in [-0.2, 0) is 0 Å². The first kappa shape index (κ1) is 32.4. The van der Waals surface area contributed by atoms with E-state index in [1.807, 2.05) is 24.4 Å². The van der Waals surface area contributed by atoms with Gasteiger partial charge >= 0.3 is 0 Å². The highest BCUT2D eigenvalue weighted by molar-refractivity contribution is 6.24. The number of fused-ring (bicyclic) bond motifs is 9. The fraction of sp³-hybridized carbons (Fsp3) is 0. The third-order valence-electron chi connectivity index (χ3n) is 11.7. The molecule has 0 aliphatic rings. The summed E-state index contributed by atoms with van der Waals surface area (Å²) in [4.78, 5) is 10.4. The smallest absolute Gasteiger partial charge is 0.137 e. The van der Waals surface area contributed by atoms with Crippen molar-refractivity contribution in [2.75, 3.05) is 0 Å². The van der Waals surface area contributed by atoms with Crippen LogP contribution in [0.15, 0.2) is 207 Å². The van der Waals surface area contributed by atoms with Crippen molar-refractivity contribution >= 4 is 59.9 Å². The van der Waals surface area contributed by atoms with Gasteiger partial charge in [-0.1, -0.05) is 152 Å². The molecule has 0 aliphatic carbocycles.